The van der Waals surface area contributed by atoms with Crippen molar-refractivity contribution in [2.75, 3.05) is 26.9 Å². The average molecular weight is 901 g/mol. The van der Waals surface area contributed by atoms with Crippen LogP contribution in [0.15, 0.2) is 59.6 Å². The van der Waals surface area contributed by atoms with Crippen molar-refractivity contribution in [1.82, 2.24) is 0 Å². The van der Waals surface area contributed by atoms with Crippen LogP contribution >= 0.6 is 19.5 Å². The molecule has 0 saturated heterocycles. The zero-order valence-electron chi connectivity index (χ0n) is 39.4. The zero-order chi connectivity index (χ0) is 44.2. The lowest BCUT2D eigenvalue weighted by atomic mass is 10.0. The molecule has 0 radical (unpaired) electrons. The third-order valence-electron chi connectivity index (χ3n) is 11.8. The molecule has 0 spiro atoms. The number of methoxy groups -OCH3 is 1. The van der Waals surface area contributed by atoms with Gasteiger partial charge in [-0.2, -0.15) is 14.0 Å². The molecule has 8 nitrogen and oxygen atoms in total. The Morgan fingerprint density at radius 3 is 1.65 bits per heavy atom. The zero-order valence-corrected chi connectivity index (χ0v) is 41.1. The van der Waals surface area contributed by atoms with E-state index in [0.717, 1.165) is 41.9 Å². The van der Waals surface area contributed by atoms with Gasteiger partial charge >= 0.3 is 8.17 Å². The molecule has 3 rings (SSSR count). The van der Waals surface area contributed by atoms with Crippen molar-refractivity contribution in [3.8, 4) is 17.2 Å². The normalized spacial score (nSPS) is 13.0. The number of aromatic nitrogens is 1. The van der Waals surface area contributed by atoms with Crippen molar-refractivity contribution in [3.63, 3.8) is 0 Å². The minimum atomic E-state index is -4.42. The minimum absolute atomic E-state index is 0.151. The molecule has 1 N–H and O–H groups in total. The highest BCUT2D eigenvalue weighted by Gasteiger charge is 2.31. The summed E-state index contributed by atoms with van der Waals surface area (Å²) in [6.07, 6.45) is 39.5. The number of phosphoric ester groups is 1. The first-order valence-electron chi connectivity index (χ1n) is 25.0. The Labute approximate surface area is 383 Å². The molecule has 0 aliphatic rings. The van der Waals surface area contributed by atoms with Gasteiger partial charge in [0.05, 0.1) is 12.0 Å². The maximum absolute atomic E-state index is 13.0. The number of phosphoric acid groups is 1. The highest BCUT2D eigenvalue weighted by Crippen LogP contribution is 2.48. The predicted octanol–water partition coefficient (Wildman–Crippen LogP) is 14.5. The van der Waals surface area contributed by atoms with Crippen molar-refractivity contribution >= 4 is 19.5 Å². The van der Waals surface area contributed by atoms with E-state index in [1.54, 1.807) is 36.6 Å². The Bertz CT molecular complexity index is 1480. The molecule has 0 amide bonds. The molecule has 352 valence electrons. The highest BCUT2D eigenvalue weighted by molar-refractivity contribution is 7.53. The molecule has 2 atom stereocenters. The van der Waals surface area contributed by atoms with E-state index in [1.807, 2.05) is 39.9 Å². The maximum Gasteiger partial charge on any atom is 0.426 e. The first-order chi connectivity index (χ1) is 30.4. The third kappa shape index (κ3) is 26.5. The van der Waals surface area contributed by atoms with Gasteiger partial charge in [-0.15, -0.1) is 0 Å². The lowest BCUT2D eigenvalue weighted by Crippen LogP contribution is -2.30. The van der Waals surface area contributed by atoms with Gasteiger partial charge in [-0.3, -0.25) is 4.52 Å². The third-order valence-corrected chi connectivity index (χ3v) is 13.4. The van der Waals surface area contributed by atoms with Crippen LogP contribution in [-0.2, 0) is 22.2 Å². The summed E-state index contributed by atoms with van der Waals surface area (Å²) < 4.78 is 31.4. The van der Waals surface area contributed by atoms with Crippen LogP contribution in [-0.4, -0.2) is 37.9 Å². The van der Waals surface area contributed by atoms with Crippen molar-refractivity contribution in [2.24, 2.45) is 0 Å². The number of hydrogen-bond acceptors (Lipinski definition) is 8. The average Bonchev–Trinajstić information content (AvgIpc) is 3.78. The van der Waals surface area contributed by atoms with Gasteiger partial charge in [0.15, 0.2) is 18.5 Å². The van der Waals surface area contributed by atoms with Crippen LogP contribution in [0.2, 0.25) is 0 Å². The van der Waals surface area contributed by atoms with E-state index in [1.165, 1.54) is 167 Å². The predicted molar refractivity (Wildman–Crippen MR) is 258 cm³/mol. The molecule has 0 aliphatic heterocycles. The topological polar surface area (TPSA) is 93.3 Å². The second-order valence-electron chi connectivity index (χ2n) is 17.4. The Kier molecular flexibility index (Phi) is 31.4. The summed E-state index contributed by atoms with van der Waals surface area (Å²) in [5, 5.41) is 2.00. The van der Waals surface area contributed by atoms with Crippen LogP contribution in [0, 0.1) is 0 Å². The summed E-state index contributed by atoms with van der Waals surface area (Å²) in [6.45, 7) is 5.88. The van der Waals surface area contributed by atoms with E-state index < -0.39 is 14.3 Å². The fourth-order valence-corrected chi connectivity index (χ4v) is 9.39. The second kappa shape index (κ2) is 36.0. The maximum atomic E-state index is 13.0. The molecule has 3 aromatic rings. The van der Waals surface area contributed by atoms with Gasteiger partial charge < -0.3 is 19.1 Å². The number of hydrogen-bond donors (Lipinski definition) is 1. The lowest BCUT2D eigenvalue weighted by molar-refractivity contribution is -0.683. The molecule has 62 heavy (non-hydrogen) atoms. The summed E-state index contributed by atoms with van der Waals surface area (Å²) in [5.41, 5.74) is 4.04. The van der Waals surface area contributed by atoms with E-state index in [9.17, 15) is 9.79 Å². The minimum Gasteiger partial charge on any atom is -0.598 e. The first-order valence-corrected chi connectivity index (χ1v) is 27.4. The molecule has 0 aliphatic carbocycles. The van der Waals surface area contributed by atoms with Gasteiger partial charge in [-0.25, -0.2) is 0 Å². The quantitative estimate of drug-likeness (QED) is 0.0344. The van der Waals surface area contributed by atoms with Crippen LogP contribution < -0.4 is 23.5 Å². The Balaban J connectivity index is 1.43. The first kappa shape index (κ1) is 54.1. The van der Waals surface area contributed by atoms with E-state index in [2.05, 4.69) is 19.9 Å². The Morgan fingerprint density at radius 2 is 1.13 bits per heavy atom. The van der Waals surface area contributed by atoms with E-state index in [-0.39, 0.29) is 19.0 Å². The van der Waals surface area contributed by atoms with Crippen LogP contribution in [0.1, 0.15) is 205 Å². The smallest absolute Gasteiger partial charge is 0.426 e. The van der Waals surface area contributed by atoms with Crippen molar-refractivity contribution in [2.45, 2.75) is 213 Å². The fraction of sp³-hybridized carbons (Fsp3) is 0.712. The fourth-order valence-electron chi connectivity index (χ4n) is 8.00. The van der Waals surface area contributed by atoms with Gasteiger partial charge in [0.1, 0.15) is 30.8 Å². The number of benzene rings is 2. The summed E-state index contributed by atoms with van der Waals surface area (Å²) in [5.74, 6) is 1.93. The van der Waals surface area contributed by atoms with Gasteiger partial charge in [-0.1, -0.05) is 210 Å². The molecule has 1 unspecified atom stereocenters. The molecule has 10 heteroatoms. The molecular weight excluding hydrogens is 814 g/mol. The Morgan fingerprint density at radius 1 is 0.629 bits per heavy atom. The van der Waals surface area contributed by atoms with Gasteiger partial charge in [0.25, 0.3) is 0 Å². The molecule has 0 bridgehead atoms. The summed E-state index contributed by atoms with van der Waals surface area (Å²) in [7, 11) is -2.87. The highest BCUT2D eigenvalue weighted by atomic mass is 32.1. The van der Waals surface area contributed by atoms with Crippen molar-refractivity contribution in [1.29, 1.82) is 0 Å². The summed E-state index contributed by atoms with van der Waals surface area (Å²) in [4.78, 5) is 23.6. The molecular formula is C52H87NO7PS+. The summed E-state index contributed by atoms with van der Waals surface area (Å²) >= 11 is 1.61. The molecule has 0 saturated carbocycles. The van der Waals surface area contributed by atoms with Crippen molar-refractivity contribution < 1.29 is 37.6 Å². The number of unbranched alkanes of at least 4 members (excludes halogenated alkanes) is 26. The van der Waals surface area contributed by atoms with Gasteiger partial charge in [-0.05, 0) is 43.5 Å². The lowest BCUT2D eigenvalue weighted by Gasteiger charge is -2.23. The van der Waals surface area contributed by atoms with Crippen LogP contribution in [0.25, 0.3) is 0 Å². The molecule has 2 aromatic carbocycles. The summed E-state index contributed by atoms with van der Waals surface area (Å²) in [6, 6.07) is 13.2. The number of ether oxygens (including phenoxy) is 3. The molecule has 0 fully saturated rings. The SMILES string of the molecule is CCCCCCCCCCCCCCCCOc1cccc(OC[C@H](CO[P+]([O-])(O)Oc2cccc(C[n+]3ccsc3)c2)OC)c1CCCCCCCCCCCCCCCC. The van der Waals surface area contributed by atoms with Crippen LogP contribution in [0.3, 0.4) is 0 Å². The second-order valence-corrected chi connectivity index (χ2v) is 19.5. The largest absolute Gasteiger partial charge is 0.598 e. The van der Waals surface area contributed by atoms with E-state index >= 15 is 0 Å². The van der Waals surface area contributed by atoms with Gasteiger partial charge in [0.2, 0.25) is 5.51 Å². The molecule has 1 aromatic heterocycles. The number of thiazole rings is 1. The van der Waals surface area contributed by atoms with Crippen LogP contribution in [0.5, 0.6) is 17.2 Å². The molecule has 1 heterocycles. The van der Waals surface area contributed by atoms with Crippen molar-refractivity contribution in [3.05, 3.63) is 70.7 Å². The number of rotatable bonds is 42. The van der Waals surface area contributed by atoms with Crippen LogP contribution in [0.4, 0.5) is 0 Å². The number of nitrogens with zero attached hydrogens (tertiary/aromatic N) is 1. The monoisotopic (exact) mass is 901 g/mol. The van der Waals surface area contributed by atoms with E-state index in [4.69, 9.17) is 23.3 Å². The Hall–Kier alpha value is -2.26. The standard InChI is InChI=1S/C52H86NO7PS/c1-4-6-8-10-12-14-16-18-20-22-24-26-28-30-36-50-51(57-40-31-29-27-25-23-21-19-17-15-13-11-9-7-5-2)37-33-38-52(50)58-44-49(56-3)45-59-61(54,55)60-48-35-32-34-47(42-48)43-53-39-41-62-46-53/h32-35,37-39,41-42,46,49H,4-31,36,40,43-45H2,1-3H3/p+1/t49-/m1/s1. The van der Waals surface area contributed by atoms with E-state index in [0.29, 0.717) is 13.2 Å². The van der Waals surface area contributed by atoms with Gasteiger partial charge in [0, 0.05) is 18.2 Å².